The molecule has 27 heavy (non-hydrogen) atoms. The summed E-state index contributed by atoms with van der Waals surface area (Å²) in [6, 6.07) is 12.1. The van der Waals surface area contributed by atoms with Crippen LogP contribution in [0.25, 0.3) is 32.7 Å². The predicted octanol–water partition coefficient (Wildman–Crippen LogP) is 3.92. The van der Waals surface area contributed by atoms with Gasteiger partial charge in [-0.3, -0.25) is 14.7 Å². The van der Waals surface area contributed by atoms with Gasteiger partial charge >= 0.3 is 0 Å². The molecular formula is C21H18N4OS. The fourth-order valence-electron chi connectivity index (χ4n) is 3.36. The standard InChI is InChI=1S/C21H18N4OS/c26-20-17(19-13-27-21(24-19)15-4-6-22-7-5-15)11-16-3-2-14(10-18(16)23-20)12-25-8-1-9-25/h2-7,10-11,13H,1,8-9,12H2,(H,23,26). The maximum Gasteiger partial charge on any atom is 0.257 e. The van der Waals surface area contributed by atoms with E-state index in [1.807, 2.05) is 23.6 Å². The maximum atomic E-state index is 12.7. The number of hydrogen-bond acceptors (Lipinski definition) is 5. The number of aromatic amines is 1. The number of nitrogens with zero attached hydrogens (tertiary/aromatic N) is 3. The van der Waals surface area contributed by atoms with Crippen molar-refractivity contribution in [3.63, 3.8) is 0 Å². The molecule has 5 nitrogen and oxygen atoms in total. The lowest BCUT2D eigenvalue weighted by atomic mass is 10.1. The Labute approximate surface area is 160 Å². The molecule has 4 aromatic rings. The average Bonchev–Trinajstić information content (AvgIpc) is 3.15. The SMILES string of the molecule is O=c1[nH]c2cc(CN3CCC3)ccc2cc1-c1csc(-c2ccncc2)n1. The Morgan fingerprint density at radius 1 is 1.11 bits per heavy atom. The largest absolute Gasteiger partial charge is 0.321 e. The molecule has 1 N–H and O–H groups in total. The predicted molar refractivity (Wildman–Crippen MR) is 109 cm³/mol. The molecule has 4 heterocycles. The van der Waals surface area contributed by atoms with E-state index in [9.17, 15) is 4.79 Å². The summed E-state index contributed by atoms with van der Waals surface area (Å²) in [6.45, 7) is 3.27. The smallest absolute Gasteiger partial charge is 0.257 e. The second-order valence-corrected chi connectivity index (χ2v) is 7.70. The summed E-state index contributed by atoms with van der Waals surface area (Å²) in [5.41, 5.74) is 4.34. The van der Waals surface area contributed by atoms with Crippen molar-refractivity contribution in [1.82, 2.24) is 19.9 Å². The number of likely N-dealkylation sites (tertiary alicyclic amines) is 1. The van der Waals surface area contributed by atoms with Gasteiger partial charge in [0, 0.05) is 35.4 Å². The lowest BCUT2D eigenvalue weighted by Gasteiger charge is -2.30. The molecule has 6 heteroatoms. The van der Waals surface area contributed by atoms with Crippen molar-refractivity contribution in [1.29, 1.82) is 0 Å². The van der Waals surface area contributed by atoms with Crippen LogP contribution in [-0.2, 0) is 6.54 Å². The Hall–Kier alpha value is -2.83. The number of nitrogens with one attached hydrogen (secondary N) is 1. The Morgan fingerprint density at radius 2 is 1.96 bits per heavy atom. The number of thiazole rings is 1. The summed E-state index contributed by atoms with van der Waals surface area (Å²) in [5.74, 6) is 0. The summed E-state index contributed by atoms with van der Waals surface area (Å²) in [5, 5.41) is 3.84. The monoisotopic (exact) mass is 374 g/mol. The highest BCUT2D eigenvalue weighted by Gasteiger charge is 2.15. The van der Waals surface area contributed by atoms with E-state index in [4.69, 9.17) is 0 Å². The van der Waals surface area contributed by atoms with Crippen molar-refractivity contribution in [3.05, 3.63) is 70.1 Å². The minimum Gasteiger partial charge on any atom is -0.321 e. The third-order valence-electron chi connectivity index (χ3n) is 4.97. The number of rotatable bonds is 4. The molecule has 1 aliphatic rings. The van der Waals surface area contributed by atoms with Gasteiger partial charge in [-0.05, 0) is 54.7 Å². The number of benzene rings is 1. The van der Waals surface area contributed by atoms with E-state index in [2.05, 4.69) is 38.1 Å². The average molecular weight is 374 g/mol. The van der Waals surface area contributed by atoms with E-state index in [-0.39, 0.29) is 5.56 Å². The zero-order chi connectivity index (χ0) is 18.2. The van der Waals surface area contributed by atoms with Gasteiger partial charge in [-0.25, -0.2) is 4.98 Å². The first-order valence-corrected chi connectivity index (χ1v) is 9.89. The van der Waals surface area contributed by atoms with Crippen LogP contribution in [0.3, 0.4) is 0 Å². The minimum atomic E-state index is -0.102. The molecule has 1 saturated heterocycles. The molecule has 5 rings (SSSR count). The Bertz CT molecular complexity index is 1160. The zero-order valence-electron chi connectivity index (χ0n) is 14.7. The van der Waals surface area contributed by atoms with Gasteiger partial charge in [0.05, 0.1) is 11.3 Å². The van der Waals surface area contributed by atoms with Gasteiger partial charge in [0.25, 0.3) is 5.56 Å². The van der Waals surface area contributed by atoms with Crippen LogP contribution in [0.5, 0.6) is 0 Å². The molecular weight excluding hydrogens is 356 g/mol. The van der Waals surface area contributed by atoms with Crippen molar-refractivity contribution in [2.45, 2.75) is 13.0 Å². The van der Waals surface area contributed by atoms with Gasteiger partial charge in [0.15, 0.2) is 0 Å². The summed E-state index contributed by atoms with van der Waals surface area (Å²) >= 11 is 1.53. The highest BCUT2D eigenvalue weighted by atomic mass is 32.1. The van der Waals surface area contributed by atoms with E-state index >= 15 is 0 Å². The summed E-state index contributed by atoms with van der Waals surface area (Å²) in [7, 11) is 0. The molecule has 1 aliphatic heterocycles. The molecule has 134 valence electrons. The fourth-order valence-corrected chi connectivity index (χ4v) is 4.19. The molecule has 0 unspecified atom stereocenters. The number of aromatic nitrogens is 3. The van der Waals surface area contributed by atoms with Crippen molar-refractivity contribution in [2.24, 2.45) is 0 Å². The molecule has 0 atom stereocenters. The number of H-pyrrole nitrogens is 1. The first-order chi connectivity index (χ1) is 13.3. The first kappa shape index (κ1) is 16.4. The van der Waals surface area contributed by atoms with Crippen LogP contribution in [-0.4, -0.2) is 32.9 Å². The van der Waals surface area contributed by atoms with E-state index in [1.165, 1.54) is 23.3 Å². The van der Waals surface area contributed by atoms with Gasteiger partial charge < -0.3 is 4.98 Å². The Morgan fingerprint density at radius 3 is 2.74 bits per heavy atom. The van der Waals surface area contributed by atoms with Crippen LogP contribution in [0.4, 0.5) is 0 Å². The number of pyridine rings is 2. The van der Waals surface area contributed by atoms with Crippen molar-refractivity contribution in [3.8, 4) is 21.8 Å². The maximum absolute atomic E-state index is 12.7. The van der Waals surface area contributed by atoms with Crippen LogP contribution >= 0.6 is 11.3 Å². The second kappa shape index (κ2) is 6.72. The Kier molecular flexibility index (Phi) is 4.07. The van der Waals surface area contributed by atoms with Crippen molar-refractivity contribution < 1.29 is 0 Å². The highest BCUT2D eigenvalue weighted by Crippen LogP contribution is 2.28. The quantitative estimate of drug-likeness (QED) is 0.588. The van der Waals surface area contributed by atoms with Crippen LogP contribution in [0, 0.1) is 0 Å². The van der Waals surface area contributed by atoms with Crippen LogP contribution < -0.4 is 5.56 Å². The number of hydrogen-bond donors (Lipinski definition) is 1. The summed E-state index contributed by atoms with van der Waals surface area (Å²) in [4.78, 5) is 26.8. The van der Waals surface area contributed by atoms with E-state index in [1.54, 1.807) is 12.4 Å². The molecule has 0 aliphatic carbocycles. The van der Waals surface area contributed by atoms with E-state index in [0.717, 1.165) is 41.1 Å². The van der Waals surface area contributed by atoms with Gasteiger partial charge in [-0.1, -0.05) is 12.1 Å². The molecule has 1 fully saturated rings. The molecule has 3 aromatic heterocycles. The highest BCUT2D eigenvalue weighted by molar-refractivity contribution is 7.13. The van der Waals surface area contributed by atoms with E-state index < -0.39 is 0 Å². The number of fused-ring (bicyclic) bond motifs is 1. The first-order valence-electron chi connectivity index (χ1n) is 9.01. The molecule has 1 aromatic carbocycles. The minimum absolute atomic E-state index is 0.102. The third kappa shape index (κ3) is 3.18. The lowest BCUT2D eigenvalue weighted by molar-refractivity contribution is 0.172. The van der Waals surface area contributed by atoms with Gasteiger partial charge in [0.1, 0.15) is 5.01 Å². The zero-order valence-corrected chi connectivity index (χ0v) is 15.5. The molecule has 0 amide bonds. The molecule has 0 bridgehead atoms. The van der Waals surface area contributed by atoms with Gasteiger partial charge in [-0.15, -0.1) is 11.3 Å². The van der Waals surface area contributed by atoms with Gasteiger partial charge in [-0.2, -0.15) is 0 Å². The molecule has 0 spiro atoms. The van der Waals surface area contributed by atoms with Crippen molar-refractivity contribution in [2.75, 3.05) is 13.1 Å². The van der Waals surface area contributed by atoms with Crippen LogP contribution in [0.1, 0.15) is 12.0 Å². The summed E-state index contributed by atoms with van der Waals surface area (Å²) < 4.78 is 0. The molecule has 0 radical (unpaired) electrons. The van der Waals surface area contributed by atoms with Gasteiger partial charge in [0.2, 0.25) is 0 Å². The van der Waals surface area contributed by atoms with Crippen LogP contribution in [0.2, 0.25) is 0 Å². The van der Waals surface area contributed by atoms with Crippen molar-refractivity contribution >= 4 is 22.2 Å². The van der Waals surface area contributed by atoms with Crippen LogP contribution in [0.15, 0.2) is 59.0 Å². The third-order valence-corrected chi connectivity index (χ3v) is 5.86. The Balaban J connectivity index is 1.50. The topological polar surface area (TPSA) is 61.9 Å². The van der Waals surface area contributed by atoms with E-state index in [0.29, 0.717) is 11.3 Å². The summed E-state index contributed by atoms with van der Waals surface area (Å²) in [6.07, 6.45) is 4.77. The lowest BCUT2D eigenvalue weighted by Crippen LogP contribution is -2.36. The second-order valence-electron chi connectivity index (χ2n) is 6.84. The fraction of sp³-hybridized carbons (Fsp3) is 0.190. The normalized spacial score (nSPS) is 14.4. The molecule has 0 saturated carbocycles.